The zero-order chi connectivity index (χ0) is 13.1. The minimum atomic E-state index is -1.03. The number of carboxylic acids is 1. The largest absolute Gasteiger partial charge is 0.480 e. The summed E-state index contributed by atoms with van der Waals surface area (Å²) < 4.78 is 9.77. The van der Waals surface area contributed by atoms with Crippen molar-refractivity contribution in [3.8, 4) is 12.3 Å². The third-order valence-electron chi connectivity index (χ3n) is 1.61. The van der Waals surface area contributed by atoms with Crippen LogP contribution in [0.15, 0.2) is 0 Å². The Morgan fingerprint density at radius 1 is 1.35 bits per heavy atom. The Morgan fingerprint density at radius 2 is 2.00 bits per heavy atom. The van der Waals surface area contributed by atoms with Crippen molar-refractivity contribution in [2.45, 2.75) is 6.04 Å². The Morgan fingerprint density at radius 3 is 2.59 bits per heavy atom. The van der Waals surface area contributed by atoms with Crippen LogP contribution in [-0.4, -0.2) is 56.0 Å². The lowest BCUT2D eigenvalue weighted by molar-refractivity contribution is -0.142. The van der Waals surface area contributed by atoms with E-state index >= 15 is 0 Å². The first-order valence-corrected chi connectivity index (χ1v) is 4.94. The van der Waals surface area contributed by atoms with Crippen LogP contribution in [0.3, 0.4) is 0 Å². The molecule has 7 nitrogen and oxygen atoms in total. The van der Waals surface area contributed by atoms with Gasteiger partial charge in [0.15, 0.2) is 0 Å². The lowest BCUT2D eigenvalue weighted by Crippen LogP contribution is -2.40. The number of carboxylic acid groups (broad SMARTS) is 1. The summed E-state index contributed by atoms with van der Waals surface area (Å²) in [5, 5.41) is 10.7. The van der Waals surface area contributed by atoms with Gasteiger partial charge in [0.25, 0.3) is 0 Å². The standard InChI is InChI=1S/C10H16N2O5/c1-2-8(11)10(15)12-3-4-16-5-6-17-7-9(13)14/h1,8H,3-7,11H2,(H,12,15)(H,13,14). The van der Waals surface area contributed by atoms with Gasteiger partial charge in [0, 0.05) is 6.54 Å². The lowest BCUT2D eigenvalue weighted by Gasteiger charge is -2.07. The molecule has 4 N–H and O–H groups in total. The molecule has 0 bridgehead atoms. The Bertz CT molecular complexity index is 287. The van der Waals surface area contributed by atoms with Crippen molar-refractivity contribution < 1.29 is 24.2 Å². The van der Waals surface area contributed by atoms with Gasteiger partial charge in [-0.05, 0) is 0 Å². The average Bonchev–Trinajstić information content (AvgIpc) is 2.30. The van der Waals surface area contributed by atoms with Crippen LogP contribution < -0.4 is 11.1 Å². The number of hydrogen-bond acceptors (Lipinski definition) is 5. The zero-order valence-electron chi connectivity index (χ0n) is 9.35. The molecule has 0 spiro atoms. The highest BCUT2D eigenvalue weighted by molar-refractivity contribution is 5.84. The van der Waals surface area contributed by atoms with Crippen molar-refractivity contribution in [3.05, 3.63) is 0 Å². The van der Waals surface area contributed by atoms with E-state index in [1.54, 1.807) is 0 Å². The molecular formula is C10H16N2O5. The summed E-state index contributed by atoms with van der Waals surface area (Å²) in [4.78, 5) is 21.1. The fourth-order valence-electron chi connectivity index (χ4n) is 0.811. The van der Waals surface area contributed by atoms with E-state index in [1.807, 2.05) is 0 Å². The number of nitrogens with two attached hydrogens (primary N) is 1. The first-order chi connectivity index (χ1) is 8.07. The molecular weight excluding hydrogens is 228 g/mol. The van der Waals surface area contributed by atoms with Crippen LogP contribution in [0.4, 0.5) is 0 Å². The quantitative estimate of drug-likeness (QED) is 0.325. The first kappa shape index (κ1) is 15.4. The Kier molecular flexibility index (Phi) is 8.68. The number of rotatable bonds is 9. The molecule has 96 valence electrons. The molecule has 0 fully saturated rings. The van der Waals surface area contributed by atoms with Gasteiger partial charge < -0.3 is 25.6 Å². The molecule has 17 heavy (non-hydrogen) atoms. The van der Waals surface area contributed by atoms with Gasteiger partial charge in [0.05, 0.1) is 19.8 Å². The van der Waals surface area contributed by atoms with Crippen molar-refractivity contribution in [2.24, 2.45) is 5.73 Å². The molecule has 0 saturated heterocycles. The number of hydrogen-bond donors (Lipinski definition) is 3. The summed E-state index contributed by atoms with van der Waals surface area (Å²) in [6.07, 6.45) is 4.95. The third-order valence-corrected chi connectivity index (χ3v) is 1.61. The second-order valence-electron chi connectivity index (χ2n) is 2.99. The molecule has 0 aromatic rings. The van der Waals surface area contributed by atoms with Crippen LogP contribution in [0.5, 0.6) is 0 Å². The highest BCUT2D eigenvalue weighted by Gasteiger charge is 2.07. The number of aliphatic carboxylic acids is 1. The summed E-state index contributed by atoms with van der Waals surface area (Å²) in [6, 6.07) is -0.950. The van der Waals surface area contributed by atoms with Crippen molar-refractivity contribution in [2.75, 3.05) is 33.0 Å². The fourth-order valence-corrected chi connectivity index (χ4v) is 0.811. The molecule has 1 unspecified atom stereocenters. The molecule has 1 amide bonds. The fraction of sp³-hybridized carbons (Fsp3) is 0.600. The number of nitrogens with one attached hydrogen (secondary N) is 1. The van der Waals surface area contributed by atoms with E-state index in [0.717, 1.165) is 0 Å². The third kappa shape index (κ3) is 9.32. The lowest BCUT2D eigenvalue weighted by atomic mass is 10.3. The smallest absolute Gasteiger partial charge is 0.329 e. The SMILES string of the molecule is C#CC(N)C(=O)NCCOCCOCC(=O)O. The van der Waals surface area contributed by atoms with Crippen molar-refractivity contribution in [1.29, 1.82) is 0 Å². The van der Waals surface area contributed by atoms with Crippen LogP contribution >= 0.6 is 0 Å². The van der Waals surface area contributed by atoms with Gasteiger partial charge in [0.1, 0.15) is 12.6 Å². The van der Waals surface area contributed by atoms with Crippen molar-refractivity contribution in [1.82, 2.24) is 5.32 Å². The molecule has 0 aliphatic carbocycles. The van der Waals surface area contributed by atoms with E-state index in [0.29, 0.717) is 0 Å². The van der Waals surface area contributed by atoms with E-state index in [1.165, 1.54) is 0 Å². The van der Waals surface area contributed by atoms with E-state index in [-0.39, 0.29) is 33.0 Å². The second kappa shape index (κ2) is 9.59. The highest BCUT2D eigenvalue weighted by atomic mass is 16.5. The maximum Gasteiger partial charge on any atom is 0.329 e. The van der Waals surface area contributed by atoms with Gasteiger partial charge in [-0.1, -0.05) is 5.92 Å². The van der Waals surface area contributed by atoms with E-state index < -0.39 is 17.9 Å². The number of carbonyl (C=O) groups is 2. The van der Waals surface area contributed by atoms with E-state index in [4.69, 9.17) is 26.7 Å². The highest BCUT2D eigenvalue weighted by Crippen LogP contribution is 1.80. The van der Waals surface area contributed by atoms with Crippen molar-refractivity contribution in [3.63, 3.8) is 0 Å². The normalized spacial score (nSPS) is 11.5. The van der Waals surface area contributed by atoms with Gasteiger partial charge in [-0.2, -0.15) is 0 Å². The molecule has 0 heterocycles. The molecule has 0 saturated carbocycles. The molecule has 7 heteroatoms. The minimum Gasteiger partial charge on any atom is -0.480 e. The molecule has 0 aromatic carbocycles. The summed E-state index contributed by atoms with van der Waals surface area (Å²) in [6.45, 7) is 0.651. The Balaban J connectivity index is 3.27. The molecule has 1 atom stereocenters. The second-order valence-corrected chi connectivity index (χ2v) is 2.99. The molecule has 0 aliphatic heterocycles. The number of amides is 1. The predicted octanol–water partition coefficient (Wildman–Crippen LogP) is -1.82. The molecule has 0 radical (unpaired) electrons. The zero-order valence-corrected chi connectivity index (χ0v) is 9.35. The van der Waals surface area contributed by atoms with Gasteiger partial charge in [-0.3, -0.25) is 4.79 Å². The van der Waals surface area contributed by atoms with Gasteiger partial charge in [0.2, 0.25) is 5.91 Å². The maximum absolute atomic E-state index is 11.1. The van der Waals surface area contributed by atoms with Gasteiger partial charge >= 0.3 is 5.97 Å². The maximum atomic E-state index is 11.1. The van der Waals surface area contributed by atoms with Crippen molar-refractivity contribution >= 4 is 11.9 Å². The summed E-state index contributed by atoms with van der Waals surface area (Å²) in [7, 11) is 0. The average molecular weight is 244 g/mol. The Labute approximate surface area is 99.3 Å². The van der Waals surface area contributed by atoms with Crippen LogP contribution in [-0.2, 0) is 19.1 Å². The first-order valence-electron chi connectivity index (χ1n) is 4.94. The number of ether oxygens (including phenoxy) is 2. The van der Waals surface area contributed by atoms with Crippen LogP contribution in [0, 0.1) is 12.3 Å². The van der Waals surface area contributed by atoms with E-state index in [9.17, 15) is 9.59 Å². The van der Waals surface area contributed by atoms with Crippen LogP contribution in [0.25, 0.3) is 0 Å². The molecule has 0 aliphatic rings. The molecule has 0 aromatic heterocycles. The summed E-state index contributed by atoms with van der Waals surface area (Å²) >= 11 is 0. The summed E-state index contributed by atoms with van der Waals surface area (Å²) in [5.74, 6) is 0.634. The number of carbonyl (C=O) groups excluding carboxylic acids is 1. The van der Waals surface area contributed by atoms with Crippen LogP contribution in [0.1, 0.15) is 0 Å². The monoisotopic (exact) mass is 244 g/mol. The van der Waals surface area contributed by atoms with Gasteiger partial charge in [-0.25, -0.2) is 4.79 Å². The van der Waals surface area contributed by atoms with E-state index in [2.05, 4.69) is 11.2 Å². The Hall–Kier alpha value is -1.62. The topological polar surface area (TPSA) is 111 Å². The summed E-state index contributed by atoms with van der Waals surface area (Å²) in [5.41, 5.74) is 5.26. The minimum absolute atomic E-state index is 0.185. The van der Waals surface area contributed by atoms with Gasteiger partial charge in [-0.15, -0.1) is 6.42 Å². The number of terminal acetylenes is 1. The predicted molar refractivity (Wildman–Crippen MR) is 59.1 cm³/mol. The molecule has 0 rings (SSSR count). The van der Waals surface area contributed by atoms with Crippen LogP contribution in [0.2, 0.25) is 0 Å².